The lowest BCUT2D eigenvalue weighted by Gasteiger charge is -2.12. The van der Waals surface area contributed by atoms with E-state index in [-0.39, 0.29) is 0 Å². The summed E-state index contributed by atoms with van der Waals surface area (Å²) in [7, 11) is -0.293. The minimum atomic E-state index is -3.35. The van der Waals surface area contributed by atoms with Crippen molar-refractivity contribution in [1.82, 2.24) is 4.31 Å². The van der Waals surface area contributed by atoms with Crippen molar-refractivity contribution >= 4 is 27.0 Å². The Balaban J connectivity index is 2.05. The Morgan fingerprint density at radius 3 is 2.25 bits per heavy atom. The fourth-order valence-electron chi connectivity index (χ4n) is 1.72. The number of nitrogens with zero attached hydrogens (tertiary/aromatic N) is 1. The molecule has 1 heterocycles. The number of rotatable bonds is 5. The van der Waals surface area contributed by atoms with Crippen LogP contribution in [0.1, 0.15) is 9.75 Å². The number of thiophene rings is 1. The summed E-state index contributed by atoms with van der Waals surface area (Å²) >= 11 is 1.75. The maximum atomic E-state index is 11.9. The van der Waals surface area contributed by atoms with Crippen LogP contribution in [0.25, 0.3) is 0 Å². The van der Waals surface area contributed by atoms with Crippen LogP contribution in [0.5, 0.6) is 0 Å². The summed E-state index contributed by atoms with van der Waals surface area (Å²) in [5.41, 5.74) is 0.911. The van der Waals surface area contributed by atoms with Crippen molar-refractivity contribution in [3.05, 3.63) is 46.2 Å². The van der Waals surface area contributed by atoms with E-state index in [4.69, 9.17) is 0 Å². The Bertz CT molecular complexity index is 673. The van der Waals surface area contributed by atoms with Gasteiger partial charge in [0.1, 0.15) is 0 Å². The highest BCUT2D eigenvalue weighted by Gasteiger charge is 2.16. The quantitative estimate of drug-likeness (QED) is 0.924. The molecule has 0 spiro atoms. The zero-order valence-corrected chi connectivity index (χ0v) is 13.4. The molecule has 0 fully saturated rings. The smallest absolute Gasteiger partial charge is 0.242 e. The van der Waals surface area contributed by atoms with Crippen molar-refractivity contribution in [3.63, 3.8) is 0 Å². The third-order valence-corrected chi connectivity index (χ3v) is 5.73. The summed E-state index contributed by atoms with van der Waals surface area (Å²) in [6.45, 7) is 2.83. The molecule has 108 valence electrons. The van der Waals surface area contributed by atoms with Gasteiger partial charge in [0.15, 0.2) is 0 Å². The second kappa shape index (κ2) is 5.95. The SMILES string of the molecule is Cc1ccc(CNc2ccc(S(=O)(=O)N(C)C)cc2)s1. The first kappa shape index (κ1) is 15.0. The molecule has 1 N–H and O–H groups in total. The van der Waals surface area contributed by atoms with Gasteiger partial charge in [-0.15, -0.1) is 11.3 Å². The van der Waals surface area contributed by atoms with E-state index < -0.39 is 10.0 Å². The van der Waals surface area contributed by atoms with Crippen LogP contribution < -0.4 is 5.32 Å². The van der Waals surface area contributed by atoms with Crippen molar-refractivity contribution in [1.29, 1.82) is 0 Å². The molecular weight excluding hydrogens is 292 g/mol. The van der Waals surface area contributed by atoms with Crippen molar-refractivity contribution < 1.29 is 8.42 Å². The van der Waals surface area contributed by atoms with Crippen LogP contribution in [0.15, 0.2) is 41.3 Å². The molecule has 0 unspecified atom stereocenters. The number of anilines is 1. The molecule has 0 radical (unpaired) electrons. The summed E-state index contributed by atoms with van der Waals surface area (Å²) in [5, 5.41) is 3.28. The van der Waals surface area contributed by atoms with Crippen LogP contribution in [0, 0.1) is 6.92 Å². The maximum absolute atomic E-state index is 11.9. The Hall–Kier alpha value is -1.37. The first-order chi connectivity index (χ1) is 9.39. The van der Waals surface area contributed by atoms with E-state index in [2.05, 4.69) is 24.4 Å². The monoisotopic (exact) mass is 310 g/mol. The zero-order valence-electron chi connectivity index (χ0n) is 11.8. The molecule has 2 rings (SSSR count). The van der Waals surface area contributed by atoms with E-state index in [1.807, 2.05) is 0 Å². The second-order valence-corrected chi connectivity index (χ2v) is 8.20. The highest BCUT2D eigenvalue weighted by molar-refractivity contribution is 7.89. The van der Waals surface area contributed by atoms with E-state index >= 15 is 0 Å². The lowest BCUT2D eigenvalue weighted by Crippen LogP contribution is -2.22. The third kappa shape index (κ3) is 3.39. The Labute approximate surface area is 124 Å². The first-order valence-corrected chi connectivity index (χ1v) is 8.47. The lowest BCUT2D eigenvalue weighted by molar-refractivity contribution is 0.521. The largest absolute Gasteiger partial charge is 0.380 e. The molecule has 0 aliphatic heterocycles. The number of sulfonamides is 1. The fraction of sp³-hybridized carbons (Fsp3) is 0.286. The molecule has 0 saturated heterocycles. The van der Waals surface area contributed by atoms with Crippen molar-refractivity contribution in [2.75, 3.05) is 19.4 Å². The van der Waals surface area contributed by atoms with Crippen LogP contribution in [0.4, 0.5) is 5.69 Å². The second-order valence-electron chi connectivity index (χ2n) is 4.68. The molecule has 1 aromatic carbocycles. The van der Waals surface area contributed by atoms with Gasteiger partial charge in [-0.05, 0) is 43.3 Å². The zero-order chi connectivity index (χ0) is 14.8. The third-order valence-electron chi connectivity index (χ3n) is 2.90. The van der Waals surface area contributed by atoms with Crippen molar-refractivity contribution in [3.8, 4) is 0 Å². The number of hydrogen-bond donors (Lipinski definition) is 1. The Morgan fingerprint density at radius 2 is 1.75 bits per heavy atom. The van der Waals surface area contributed by atoms with Gasteiger partial charge < -0.3 is 5.32 Å². The summed E-state index contributed by atoms with van der Waals surface area (Å²) < 4.78 is 25.1. The van der Waals surface area contributed by atoms with Gasteiger partial charge >= 0.3 is 0 Å². The molecule has 0 amide bonds. The summed E-state index contributed by atoms with van der Waals surface area (Å²) in [6, 6.07) is 11.0. The summed E-state index contributed by atoms with van der Waals surface area (Å²) in [6.07, 6.45) is 0. The van der Waals surface area contributed by atoms with Gasteiger partial charge in [-0.25, -0.2) is 12.7 Å². The molecular formula is C14H18N2O2S2. The number of aryl methyl sites for hydroxylation is 1. The van der Waals surface area contributed by atoms with E-state index in [1.165, 1.54) is 28.2 Å². The van der Waals surface area contributed by atoms with E-state index in [9.17, 15) is 8.42 Å². The minimum Gasteiger partial charge on any atom is -0.380 e. The molecule has 1 aromatic heterocycles. The Morgan fingerprint density at radius 1 is 1.10 bits per heavy atom. The standard InChI is InChI=1S/C14H18N2O2S2/c1-11-4-7-13(19-11)10-15-12-5-8-14(9-6-12)20(17,18)16(2)3/h4-9,15H,10H2,1-3H3. The summed E-state index contributed by atoms with van der Waals surface area (Å²) in [5.74, 6) is 0. The molecule has 0 aliphatic carbocycles. The first-order valence-electron chi connectivity index (χ1n) is 6.21. The molecule has 2 aromatic rings. The van der Waals surface area contributed by atoms with Crippen LogP contribution in [0.2, 0.25) is 0 Å². The van der Waals surface area contributed by atoms with Gasteiger partial charge in [0.25, 0.3) is 0 Å². The van der Waals surface area contributed by atoms with Gasteiger partial charge in [-0.3, -0.25) is 0 Å². The van der Waals surface area contributed by atoms with Gasteiger partial charge in [0.05, 0.1) is 4.90 Å². The molecule has 0 bridgehead atoms. The Kier molecular flexibility index (Phi) is 4.47. The highest BCUT2D eigenvalue weighted by atomic mass is 32.2. The van der Waals surface area contributed by atoms with E-state index in [0.29, 0.717) is 4.90 Å². The molecule has 0 aliphatic rings. The molecule has 0 saturated carbocycles. The van der Waals surface area contributed by atoms with Crippen molar-refractivity contribution in [2.45, 2.75) is 18.4 Å². The maximum Gasteiger partial charge on any atom is 0.242 e. The van der Waals surface area contributed by atoms with Crippen LogP contribution in [-0.4, -0.2) is 26.8 Å². The number of nitrogens with one attached hydrogen (secondary N) is 1. The number of hydrogen-bond acceptors (Lipinski definition) is 4. The molecule has 4 nitrogen and oxygen atoms in total. The summed E-state index contributed by atoms with van der Waals surface area (Å²) in [4.78, 5) is 2.85. The van der Waals surface area contributed by atoms with Gasteiger partial charge in [-0.2, -0.15) is 0 Å². The van der Waals surface area contributed by atoms with Crippen LogP contribution >= 0.6 is 11.3 Å². The average Bonchev–Trinajstić information content (AvgIpc) is 2.82. The van der Waals surface area contributed by atoms with E-state index in [0.717, 1.165) is 12.2 Å². The fourth-order valence-corrected chi connectivity index (χ4v) is 3.46. The van der Waals surface area contributed by atoms with Crippen molar-refractivity contribution in [2.24, 2.45) is 0 Å². The predicted octanol–water partition coefficient (Wildman–Crippen LogP) is 2.92. The van der Waals surface area contributed by atoms with Crippen LogP contribution in [-0.2, 0) is 16.6 Å². The topological polar surface area (TPSA) is 49.4 Å². The molecule has 6 heteroatoms. The lowest BCUT2D eigenvalue weighted by atomic mass is 10.3. The molecule has 20 heavy (non-hydrogen) atoms. The minimum absolute atomic E-state index is 0.306. The number of benzene rings is 1. The molecule has 0 atom stereocenters. The van der Waals surface area contributed by atoms with Gasteiger partial charge in [0.2, 0.25) is 10.0 Å². The normalized spacial score (nSPS) is 11.8. The highest BCUT2D eigenvalue weighted by Crippen LogP contribution is 2.19. The predicted molar refractivity (Wildman–Crippen MR) is 83.7 cm³/mol. The van der Waals surface area contributed by atoms with Gasteiger partial charge in [-0.1, -0.05) is 0 Å². The van der Waals surface area contributed by atoms with E-state index in [1.54, 1.807) is 35.6 Å². The van der Waals surface area contributed by atoms with Gasteiger partial charge in [0, 0.05) is 36.1 Å². The average molecular weight is 310 g/mol. The van der Waals surface area contributed by atoms with Crippen LogP contribution in [0.3, 0.4) is 0 Å².